The van der Waals surface area contributed by atoms with Gasteiger partial charge in [-0.25, -0.2) is 4.39 Å². The first-order chi connectivity index (χ1) is 18.2. The quantitative estimate of drug-likeness (QED) is 0.318. The molecular formula is C32H40F4N2. The van der Waals surface area contributed by atoms with E-state index in [0.29, 0.717) is 17.9 Å². The lowest BCUT2D eigenvalue weighted by Gasteiger charge is -2.47. The average molecular weight is 529 g/mol. The van der Waals surface area contributed by atoms with Crippen molar-refractivity contribution >= 4 is 5.70 Å². The Morgan fingerprint density at radius 1 is 0.868 bits per heavy atom. The standard InChI is InChI=1S/C32H40F4N2/c1-24(38-18-3-2-4-19-38)29-13-12-28(22-30(29)33)27-10-8-25(9-11-27)6-7-26-14-20-37(21-15-26)23-31(16-5-17-31)32(34,35)36/h8-13,22,26H,1-7,14-21,23H2. The van der Waals surface area contributed by atoms with Crippen LogP contribution in [0, 0.1) is 17.2 Å². The molecule has 2 aromatic rings. The Labute approximate surface area is 224 Å². The van der Waals surface area contributed by atoms with Crippen LogP contribution in [-0.4, -0.2) is 48.7 Å². The molecule has 2 nitrogen and oxygen atoms in total. The van der Waals surface area contributed by atoms with E-state index in [1.807, 2.05) is 17.0 Å². The van der Waals surface area contributed by atoms with Gasteiger partial charge in [0.2, 0.25) is 0 Å². The van der Waals surface area contributed by atoms with Gasteiger partial charge in [-0.3, -0.25) is 0 Å². The van der Waals surface area contributed by atoms with E-state index in [1.165, 1.54) is 12.0 Å². The molecule has 0 bridgehead atoms. The monoisotopic (exact) mass is 528 g/mol. The number of hydrogen-bond acceptors (Lipinski definition) is 2. The van der Waals surface area contributed by atoms with Crippen LogP contribution >= 0.6 is 0 Å². The number of likely N-dealkylation sites (tertiary alicyclic amines) is 2. The van der Waals surface area contributed by atoms with E-state index in [0.717, 1.165) is 81.5 Å². The number of hydrogen-bond donors (Lipinski definition) is 0. The topological polar surface area (TPSA) is 6.48 Å². The number of alkyl halides is 3. The summed E-state index contributed by atoms with van der Waals surface area (Å²) in [6, 6.07) is 13.8. The smallest absolute Gasteiger partial charge is 0.371 e. The Morgan fingerprint density at radius 3 is 2.11 bits per heavy atom. The van der Waals surface area contributed by atoms with Gasteiger partial charge in [0, 0.05) is 30.9 Å². The van der Waals surface area contributed by atoms with Crippen LogP contribution in [-0.2, 0) is 6.42 Å². The Hall–Kier alpha value is -2.34. The highest BCUT2D eigenvalue weighted by atomic mass is 19.4. The molecule has 0 spiro atoms. The molecule has 2 heterocycles. The van der Waals surface area contributed by atoms with Crippen molar-refractivity contribution in [2.75, 3.05) is 32.7 Å². The SMILES string of the molecule is C=C(c1ccc(-c2ccc(CCC3CCN(CC4(C(F)(F)F)CCC4)CC3)cc2)cc1F)N1CCCCC1. The Balaban J connectivity index is 1.10. The van der Waals surface area contributed by atoms with Crippen LogP contribution in [0.5, 0.6) is 0 Å². The van der Waals surface area contributed by atoms with Crippen molar-refractivity contribution in [1.82, 2.24) is 9.80 Å². The minimum atomic E-state index is -4.08. The van der Waals surface area contributed by atoms with Crippen LogP contribution in [0.1, 0.15) is 68.9 Å². The number of piperidine rings is 2. The fourth-order valence-electron chi connectivity index (χ4n) is 6.49. The minimum absolute atomic E-state index is 0.179. The van der Waals surface area contributed by atoms with Crippen molar-refractivity contribution in [3.63, 3.8) is 0 Å². The van der Waals surface area contributed by atoms with Crippen molar-refractivity contribution in [3.8, 4) is 11.1 Å². The van der Waals surface area contributed by atoms with Crippen LogP contribution in [0.3, 0.4) is 0 Å². The average Bonchev–Trinajstić information content (AvgIpc) is 2.90. The largest absolute Gasteiger partial charge is 0.395 e. The van der Waals surface area contributed by atoms with Crippen molar-refractivity contribution in [3.05, 3.63) is 66.0 Å². The first-order valence-corrected chi connectivity index (χ1v) is 14.4. The van der Waals surface area contributed by atoms with Gasteiger partial charge in [0.25, 0.3) is 0 Å². The van der Waals surface area contributed by atoms with Crippen molar-refractivity contribution in [2.45, 2.75) is 70.4 Å². The highest BCUT2D eigenvalue weighted by Crippen LogP contribution is 2.53. The van der Waals surface area contributed by atoms with Gasteiger partial charge in [-0.2, -0.15) is 13.2 Å². The van der Waals surface area contributed by atoms with Crippen LogP contribution in [0.2, 0.25) is 0 Å². The van der Waals surface area contributed by atoms with Crippen LogP contribution in [0.25, 0.3) is 16.8 Å². The van der Waals surface area contributed by atoms with E-state index in [2.05, 4.69) is 35.7 Å². The normalized spacial score (nSPS) is 20.8. The lowest BCUT2D eigenvalue weighted by atomic mass is 9.67. The third-order valence-electron chi connectivity index (χ3n) is 9.29. The second kappa shape index (κ2) is 11.4. The van der Waals surface area contributed by atoms with Gasteiger partial charge in [0.05, 0.1) is 5.41 Å². The maximum absolute atomic E-state index is 15.0. The van der Waals surface area contributed by atoms with Gasteiger partial charge in [0.15, 0.2) is 0 Å². The predicted molar refractivity (Wildman–Crippen MR) is 146 cm³/mol. The summed E-state index contributed by atoms with van der Waals surface area (Å²) in [4.78, 5) is 4.23. The summed E-state index contributed by atoms with van der Waals surface area (Å²) in [5, 5.41) is 0. The molecule has 0 N–H and O–H groups in total. The maximum atomic E-state index is 15.0. The van der Waals surface area contributed by atoms with E-state index in [-0.39, 0.29) is 25.2 Å². The first kappa shape index (κ1) is 27.2. The molecule has 1 aliphatic carbocycles. The lowest BCUT2D eigenvalue weighted by Crippen LogP contribution is -2.53. The number of benzene rings is 2. The van der Waals surface area contributed by atoms with E-state index >= 15 is 4.39 Å². The molecule has 0 atom stereocenters. The van der Waals surface area contributed by atoms with E-state index in [1.54, 1.807) is 6.07 Å². The molecule has 5 rings (SSSR count). The van der Waals surface area contributed by atoms with Crippen molar-refractivity contribution in [1.29, 1.82) is 0 Å². The first-order valence-electron chi connectivity index (χ1n) is 14.4. The Bertz CT molecular complexity index is 1090. The molecule has 0 amide bonds. The molecule has 3 fully saturated rings. The van der Waals surface area contributed by atoms with E-state index < -0.39 is 11.6 Å². The van der Waals surface area contributed by atoms with Gasteiger partial charge in [-0.15, -0.1) is 0 Å². The maximum Gasteiger partial charge on any atom is 0.395 e. The molecule has 2 saturated heterocycles. The van der Waals surface area contributed by atoms with Gasteiger partial charge >= 0.3 is 6.18 Å². The zero-order chi connectivity index (χ0) is 26.8. The molecule has 3 aliphatic rings. The molecule has 0 aromatic heterocycles. The molecule has 1 saturated carbocycles. The Morgan fingerprint density at radius 2 is 1.53 bits per heavy atom. The molecule has 206 valence electrons. The predicted octanol–water partition coefficient (Wildman–Crippen LogP) is 8.33. The minimum Gasteiger partial charge on any atom is -0.371 e. The molecule has 38 heavy (non-hydrogen) atoms. The fraction of sp³-hybridized carbons (Fsp3) is 0.562. The summed E-state index contributed by atoms with van der Waals surface area (Å²) in [7, 11) is 0. The summed E-state index contributed by atoms with van der Waals surface area (Å²) < 4.78 is 55.6. The molecule has 2 aliphatic heterocycles. The molecular weight excluding hydrogens is 488 g/mol. The summed E-state index contributed by atoms with van der Waals surface area (Å²) in [6.07, 6.45) is 4.65. The number of halogens is 4. The molecule has 2 aromatic carbocycles. The van der Waals surface area contributed by atoms with E-state index in [4.69, 9.17) is 0 Å². The lowest BCUT2D eigenvalue weighted by molar-refractivity contribution is -0.256. The second-order valence-electron chi connectivity index (χ2n) is 11.8. The van der Waals surface area contributed by atoms with Crippen LogP contribution in [0.15, 0.2) is 49.0 Å². The molecule has 0 unspecified atom stereocenters. The van der Waals surface area contributed by atoms with Gasteiger partial charge in [-0.1, -0.05) is 43.3 Å². The van der Waals surface area contributed by atoms with Gasteiger partial charge in [0.1, 0.15) is 5.82 Å². The van der Waals surface area contributed by atoms with Crippen LogP contribution in [0.4, 0.5) is 17.6 Å². The zero-order valence-electron chi connectivity index (χ0n) is 22.3. The summed E-state index contributed by atoms with van der Waals surface area (Å²) in [5.41, 5.74) is 3.01. The van der Waals surface area contributed by atoms with Crippen molar-refractivity contribution < 1.29 is 17.6 Å². The summed E-state index contributed by atoms with van der Waals surface area (Å²) in [6.45, 7) is 7.77. The van der Waals surface area contributed by atoms with Crippen molar-refractivity contribution in [2.24, 2.45) is 11.3 Å². The fourth-order valence-corrected chi connectivity index (χ4v) is 6.49. The van der Waals surface area contributed by atoms with Gasteiger partial charge in [-0.05, 0) is 106 Å². The molecule has 6 heteroatoms. The zero-order valence-corrected chi connectivity index (χ0v) is 22.3. The van der Waals surface area contributed by atoms with Gasteiger partial charge < -0.3 is 9.80 Å². The third kappa shape index (κ3) is 5.95. The summed E-state index contributed by atoms with van der Waals surface area (Å²) in [5.74, 6) is 0.329. The highest BCUT2D eigenvalue weighted by Gasteiger charge is 2.58. The number of nitrogens with zero attached hydrogens (tertiary/aromatic N) is 2. The second-order valence-corrected chi connectivity index (χ2v) is 11.8. The number of aryl methyl sites for hydroxylation is 1. The molecule has 0 radical (unpaired) electrons. The van der Waals surface area contributed by atoms with Crippen LogP contribution < -0.4 is 0 Å². The highest BCUT2D eigenvalue weighted by molar-refractivity contribution is 5.69. The number of rotatable bonds is 8. The third-order valence-corrected chi connectivity index (χ3v) is 9.29. The van der Waals surface area contributed by atoms with E-state index in [9.17, 15) is 13.2 Å². The Kier molecular flexibility index (Phi) is 8.18. The summed E-state index contributed by atoms with van der Waals surface area (Å²) >= 11 is 0.